The van der Waals surface area contributed by atoms with Gasteiger partial charge in [0.25, 0.3) is 0 Å². The number of phenols is 2. The van der Waals surface area contributed by atoms with Crippen LogP contribution in [0, 0.1) is 0 Å². The fraction of sp³-hybridized carbons (Fsp3) is 0.125. The molecule has 0 aliphatic heterocycles. The van der Waals surface area contributed by atoms with Gasteiger partial charge in [-0.3, -0.25) is 9.98 Å². The van der Waals surface area contributed by atoms with E-state index in [9.17, 15) is 10.2 Å². The molecular formula is C16H16N2O2Zn. The third-order valence-electron chi connectivity index (χ3n) is 2.69. The van der Waals surface area contributed by atoms with Crippen molar-refractivity contribution >= 4 is 12.4 Å². The van der Waals surface area contributed by atoms with Crippen LogP contribution < -0.4 is 0 Å². The first-order chi connectivity index (χ1) is 9.77. The minimum absolute atomic E-state index is 0. The van der Waals surface area contributed by atoms with Crippen molar-refractivity contribution < 1.29 is 29.7 Å². The minimum Gasteiger partial charge on any atom is -0.507 e. The summed E-state index contributed by atoms with van der Waals surface area (Å²) < 4.78 is 0. The normalized spacial score (nSPS) is 10.9. The number of nitrogens with zero attached hydrogens (tertiary/aromatic N) is 2. The molecule has 0 aromatic heterocycles. The predicted octanol–water partition coefficient (Wildman–Crippen LogP) is 2.63. The first kappa shape index (κ1) is 17.1. The first-order valence-corrected chi connectivity index (χ1v) is 6.33. The average molecular weight is 334 g/mol. The zero-order valence-electron chi connectivity index (χ0n) is 11.7. The summed E-state index contributed by atoms with van der Waals surface area (Å²) >= 11 is 0. The Balaban J connectivity index is 0.00000220. The monoisotopic (exact) mass is 332 g/mol. The molecule has 0 aliphatic carbocycles. The predicted molar refractivity (Wildman–Crippen MR) is 81.1 cm³/mol. The number of hydrogen-bond acceptors (Lipinski definition) is 4. The second-order valence-corrected chi connectivity index (χ2v) is 4.19. The number of hydrogen-bond donors (Lipinski definition) is 2. The van der Waals surface area contributed by atoms with E-state index in [1.807, 2.05) is 12.1 Å². The van der Waals surface area contributed by atoms with Crippen molar-refractivity contribution in [2.24, 2.45) is 9.98 Å². The van der Waals surface area contributed by atoms with E-state index in [0.717, 1.165) is 0 Å². The van der Waals surface area contributed by atoms with Crippen LogP contribution in [0.4, 0.5) is 0 Å². The molecule has 0 radical (unpaired) electrons. The maximum absolute atomic E-state index is 9.54. The molecule has 2 N–H and O–H groups in total. The zero-order valence-corrected chi connectivity index (χ0v) is 14.7. The van der Waals surface area contributed by atoms with Crippen LogP contribution in [0.25, 0.3) is 0 Å². The van der Waals surface area contributed by atoms with Crippen molar-refractivity contribution in [1.29, 1.82) is 0 Å². The van der Waals surface area contributed by atoms with Crippen LogP contribution in [0.5, 0.6) is 11.5 Å². The number of aromatic hydroxyl groups is 2. The maximum atomic E-state index is 9.54. The van der Waals surface area contributed by atoms with Crippen LogP contribution in [0.15, 0.2) is 58.5 Å². The van der Waals surface area contributed by atoms with E-state index in [1.165, 1.54) is 0 Å². The summed E-state index contributed by atoms with van der Waals surface area (Å²) in [4.78, 5) is 8.39. The molecule has 0 heterocycles. The van der Waals surface area contributed by atoms with Crippen molar-refractivity contribution in [2.75, 3.05) is 13.1 Å². The molecule has 0 amide bonds. The molecule has 0 atom stereocenters. The van der Waals surface area contributed by atoms with Crippen molar-refractivity contribution in [1.82, 2.24) is 0 Å². The fourth-order valence-corrected chi connectivity index (χ4v) is 1.63. The van der Waals surface area contributed by atoms with Gasteiger partial charge in [0.05, 0.1) is 13.1 Å². The van der Waals surface area contributed by atoms with Crippen molar-refractivity contribution in [2.45, 2.75) is 0 Å². The van der Waals surface area contributed by atoms with Gasteiger partial charge >= 0.3 is 0 Å². The molecule has 0 fully saturated rings. The number of phenolic OH excluding ortho intramolecular Hbond substituents is 2. The van der Waals surface area contributed by atoms with E-state index in [-0.39, 0.29) is 31.0 Å². The number of aliphatic imine (C=N–C) groups is 2. The third kappa shape index (κ3) is 5.48. The Bertz CT molecular complexity index is 572. The molecule has 2 rings (SSSR count). The molecule has 0 aliphatic rings. The molecule has 21 heavy (non-hydrogen) atoms. The van der Waals surface area contributed by atoms with Crippen LogP contribution in [0.2, 0.25) is 0 Å². The van der Waals surface area contributed by atoms with E-state index in [4.69, 9.17) is 0 Å². The Hall–Kier alpha value is -2.00. The molecule has 0 bridgehead atoms. The Morgan fingerprint density at radius 2 is 1.10 bits per heavy atom. The van der Waals surface area contributed by atoms with E-state index in [0.29, 0.717) is 24.2 Å². The van der Waals surface area contributed by atoms with Gasteiger partial charge in [0, 0.05) is 43.0 Å². The molecule has 0 saturated heterocycles. The average Bonchev–Trinajstić information content (AvgIpc) is 2.46. The van der Waals surface area contributed by atoms with E-state index in [2.05, 4.69) is 9.98 Å². The van der Waals surface area contributed by atoms with Gasteiger partial charge in [-0.15, -0.1) is 0 Å². The summed E-state index contributed by atoms with van der Waals surface area (Å²) in [6, 6.07) is 14.1. The topological polar surface area (TPSA) is 65.2 Å². The standard InChI is InChI=1S/C16H16N2O2.Zn/c19-15-7-3-1-5-13(15)11-17-9-10-18-12-14-6-2-4-8-16(14)20;/h1-8,11-12,19-20H,9-10H2;. The molecule has 0 unspecified atom stereocenters. The van der Waals surface area contributed by atoms with Crippen LogP contribution in [-0.4, -0.2) is 35.7 Å². The SMILES string of the molecule is Oc1ccccc1C=NCCN=Cc1ccccc1O.[Zn]. The molecular weight excluding hydrogens is 318 g/mol. The van der Waals surface area contributed by atoms with Crippen LogP contribution in [0.1, 0.15) is 11.1 Å². The molecule has 104 valence electrons. The maximum Gasteiger partial charge on any atom is 0.124 e. The summed E-state index contributed by atoms with van der Waals surface area (Å²) in [5.74, 6) is 0.433. The van der Waals surface area contributed by atoms with Gasteiger partial charge in [0.2, 0.25) is 0 Å². The van der Waals surface area contributed by atoms with Gasteiger partial charge in [0.15, 0.2) is 0 Å². The summed E-state index contributed by atoms with van der Waals surface area (Å²) in [5, 5.41) is 19.1. The van der Waals surface area contributed by atoms with Crippen molar-refractivity contribution in [3.63, 3.8) is 0 Å². The van der Waals surface area contributed by atoms with Gasteiger partial charge in [-0.25, -0.2) is 0 Å². The molecule has 2 aromatic carbocycles. The molecule has 0 spiro atoms. The fourth-order valence-electron chi connectivity index (χ4n) is 1.63. The second-order valence-electron chi connectivity index (χ2n) is 4.19. The van der Waals surface area contributed by atoms with Gasteiger partial charge in [-0.2, -0.15) is 0 Å². The number of para-hydroxylation sites is 2. The summed E-state index contributed by atoms with van der Waals surface area (Å²) in [5.41, 5.74) is 1.38. The van der Waals surface area contributed by atoms with Crippen LogP contribution in [-0.2, 0) is 19.5 Å². The van der Waals surface area contributed by atoms with E-state index >= 15 is 0 Å². The molecule has 0 saturated carbocycles. The number of benzene rings is 2. The zero-order chi connectivity index (χ0) is 14.2. The summed E-state index contributed by atoms with van der Waals surface area (Å²) in [7, 11) is 0. The van der Waals surface area contributed by atoms with Crippen LogP contribution in [0.3, 0.4) is 0 Å². The molecule has 4 nitrogen and oxygen atoms in total. The summed E-state index contributed by atoms with van der Waals surface area (Å²) in [6.07, 6.45) is 3.26. The van der Waals surface area contributed by atoms with Gasteiger partial charge in [-0.1, -0.05) is 24.3 Å². The number of rotatable bonds is 5. The Morgan fingerprint density at radius 3 is 1.48 bits per heavy atom. The van der Waals surface area contributed by atoms with Crippen molar-refractivity contribution in [3.05, 3.63) is 59.7 Å². The second kappa shape index (κ2) is 9.03. The van der Waals surface area contributed by atoms with Gasteiger partial charge < -0.3 is 10.2 Å². The van der Waals surface area contributed by atoms with Gasteiger partial charge in [-0.05, 0) is 24.3 Å². The minimum atomic E-state index is 0. The Labute approximate surface area is 136 Å². The van der Waals surface area contributed by atoms with Crippen LogP contribution >= 0.6 is 0 Å². The molecule has 2 aromatic rings. The quantitative estimate of drug-likeness (QED) is 0.502. The largest absolute Gasteiger partial charge is 0.507 e. The smallest absolute Gasteiger partial charge is 0.124 e. The Morgan fingerprint density at radius 1 is 0.714 bits per heavy atom. The van der Waals surface area contributed by atoms with Crippen molar-refractivity contribution in [3.8, 4) is 11.5 Å². The van der Waals surface area contributed by atoms with E-state index < -0.39 is 0 Å². The first-order valence-electron chi connectivity index (χ1n) is 6.33. The third-order valence-corrected chi connectivity index (χ3v) is 2.69. The Kier molecular flexibility index (Phi) is 7.34. The summed E-state index contributed by atoms with van der Waals surface area (Å²) in [6.45, 7) is 1.05. The van der Waals surface area contributed by atoms with E-state index in [1.54, 1.807) is 48.8 Å². The van der Waals surface area contributed by atoms with Gasteiger partial charge in [0.1, 0.15) is 11.5 Å². The molecule has 5 heteroatoms.